The van der Waals surface area contributed by atoms with Crippen LogP contribution in [0.15, 0.2) is 4.90 Å². The summed E-state index contributed by atoms with van der Waals surface area (Å²) in [5.74, 6) is -7.09. The topological polar surface area (TPSA) is 41.5 Å². The molecule has 0 aliphatic rings. The van der Waals surface area contributed by atoms with Crippen molar-refractivity contribution in [1.29, 1.82) is 0 Å². The lowest BCUT2D eigenvalue weighted by molar-refractivity contribution is -0.777. The smallest absolute Gasteiger partial charge is 0.198 e. The van der Waals surface area contributed by atoms with Crippen LogP contribution in [0, 0.1) is 30.2 Å². The third-order valence-corrected chi connectivity index (χ3v) is 2.37. The van der Waals surface area contributed by atoms with Crippen molar-refractivity contribution in [2.45, 2.75) is 11.8 Å². The fourth-order valence-electron chi connectivity index (χ4n) is 0.868. The number of rotatable bonds is 3. The van der Waals surface area contributed by atoms with Gasteiger partial charge in [-0.25, -0.2) is 17.6 Å². The van der Waals surface area contributed by atoms with Gasteiger partial charge in [-0.1, -0.05) is 0 Å². The first-order chi connectivity index (χ1) is 7.00. The summed E-state index contributed by atoms with van der Waals surface area (Å²) in [4.78, 5) is -0.692. The van der Waals surface area contributed by atoms with Crippen molar-refractivity contribution >= 4 is 12.0 Å². The zero-order chi connectivity index (χ0) is 11.6. The SMILES string of the molecule is Cc1c(F)c(F)c(F)c(F)c1SOO[O-]. The van der Waals surface area contributed by atoms with Gasteiger partial charge in [0.15, 0.2) is 23.3 Å². The highest BCUT2D eigenvalue weighted by Gasteiger charge is 2.23. The Balaban J connectivity index is 3.26. The summed E-state index contributed by atoms with van der Waals surface area (Å²) in [6.07, 6.45) is 0. The van der Waals surface area contributed by atoms with Crippen molar-refractivity contribution in [1.82, 2.24) is 0 Å². The second-order valence-electron chi connectivity index (χ2n) is 2.43. The molecule has 0 aliphatic heterocycles. The molecule has 0 aromatic heterocycles. The molecule has 0 heterocycles. The molecule has 0 spiro atoms. The maximum atomic E-state index is 13.0. The van der Waals surface area contributed by atoms with Crippen LogP contribution in [-0.2, 0) is 9.37 Å². The molecule has 0 atom stereocenters. The molecule has 1 aromatic carbocycles. The monoisotopic (exact) mass is 243 g/mol. The fraction of sp³-hybridized carbons (Fsp3) is 0.143. The standard InChI is InChI=1S/C7H4F4O3S/c1-2-3(8)4(9)5(10)6(11)7(2)15-14-13-12/h12H,1H3/p-1. The quantitative estimate of drug-likeness (QED) is 0.203. The van der Waals surface area contributed by atoms with E-state index in [1.165, 1.54) is 0 Å². The fourth-order valence-corrected chi connectivity index (χ4v) is 1.34. The minimum atomic E-state index is -1.98. The van der Waals surface area contributed by atoms with E-state index in [0.29, 0.717) is 0 Å². The molecule has 0 unspecified atom stereocenters. The Morgan fingerprint density at radius 2 is 1.53 bits per heavy atom. The van der Waals surface area contributed by atoms with Crippen molar-refractivity contribution < 1.29 is 32.2 Å². The lowest BCUT2D eigenvalue weighted by Gasteiger charge is -2.09. The third kappa shape index (κ3) is 2.23. The molecular formula is C7H3F4O3S-. The predicted molar refractivity (Wildman–Crippen MR) is 39.0 cm³/mol. The second kappa shape index (κ2) is 4.79. The van der Waals surface area contributed by atoms with Crippen molar-refractivity contribution in [3.63, 3.8) is 0 Å². The normalized spacial score (nSPS) is 10.8. The average molecular weight is 243 g/mol. The van der Waals surface area contributed by atoms with Crippen LogP contribution in [0.25, 0.3) is 0 Å². The summed E-state index contributed by atoms with van der Waals surface area (Å²) >= 11 is -0.0457. The third-order valence-electron chi connectivity index (χ3n) is 1.59. The molecule has 3 nitrogen and oxygen atoms in total. The van der Waals surface area contributed by atoms with E-state index in [0.717, 1.165) is 6.92 Å². The molecule has 1 aromatic rings. The van der Waals surface area contributed by atoms with Gasteiger partial charge in [0.2, 0.25) is 0 Å². The van der Waals surface area contributed by atoms with E-state index >= 15 is 0 Å². The van der Waals surface area contributed by atoms with Gasteiger partial charge in [0.05, 0.1) is 16.9 Å². The molecule has 0 N–H and O–H groups in total. The van der Waals surface area contributed by atoms with E-state index in [9.17, 15) is 22.8 Å². The number of halogens is 4. The highest BCUT2D eigenvalue weighted by atomic mass is 32.2. The van der Waals surface area contributed by atoms with Gasteiger partial charge in [0.1, 0.15) is 0 Å². The molecule has 0 saturated heterocycles. The van der Waals surface area contributed by atoms with E-state index in [2.05, 4.69) is 9.37 Å². The summed E-state index contributed by atoms with van der Waals surface area (Å²) in [6, 6.07) is 0. The molecule has 84 valence electrons. The number of hydrogen-bond acceptors (Lipinski definition) is 4. The van der Waals surface area contributed by atoms with E-state index in [1.54, 1.807) is 0 Å². The molecule has 0 fully saturated rings. The van der Waals surface area contributed by atoms with Gasteiger partial charge in [0.25, 0.3) is 0 Å². The molecule has 1 rings (SSSR count). The molecular weight excluding hydrogens is 240 g/mol. The maximum Gasteiger partial charge on any atom is 0.198 e. The van der Waals surface area contributed by atoms with Gasteiger partial charge < -0.3 is 5.26 Å². The van der Waals surface area contributed by atoms with Crippen LogP contribution in [0.1, 0.15) is 5.56 Å². The molecule has 15 heavy (non-hydrogen) atoms. The summed E-state index contributed by atoms with van der Waals surface area (Å²) in [5.41, 5.74) is -0.520. The Bertz CT molecular complexity index is 356. The predicted octanol–water partition coefficient (Wildman–Crippen LogP) is 1.78. The largest absolute Gasteiger partial charge is 0.691 e. The molecule has 8 heteroatoms. The maximum absolute atomic E-state index is 13.0. The molecule has 0 bridgehead atoms. The average Bonchev–Trinajstić information content (AvgIpc) is 2.24. The highest BCUT2D eigenvalue weighted by Crippen LogP contribution is 2.31. The lowest BCUT2D eigenvalue weighted by Crippen LogP contribution is -2.05. The Kier molecular flexibility index (Phi) is 3.91. The summed E-state index contributed by atoms with van der Waals surface area (Å²) in [5, 5.41) is 12.3. The Labute approximate surface area is 85.7 Å². The molecule has 0 radical (unpaired) electrons. The minimum Gasteiger partial charge on any atom is -0.691 e. The van der Waals surface area contributed by atoms with Crippen molar-refractivity contribution in [2.24, 2.45) is 0 Å². The molecule has 0 saturated carbocycles. The van der Waals surface area contributed by atoms with Crippen LogP contribution in [0.4, 0.5) is 17.6 Å². The van der Waals surface area contributed by atoms with Crippen LogP contribution >= 0.6 is 12.0 Å². The molecule has 0 amide bonds. The summed E-state index contributed by atoms with van der Waals surface area (Å²) < 4.78 is 54.9. The minimum absolute atomic E-state index is 0.0457. The van der Waals surface area contributed by atoms with Crippen molar-refractivity contribution in [3.8, 4) is 0 Å². The summed E-state index contributed by atoms with van der Waals surface area (Å²) in [6.45, 7) is 0.997. The Morgan fingerprint density at radius 3 is 2.07 bits per heavy atom. The number of hydrogen-bond donors (Lipinski definition) is 0. The van der Waals surface area contributed by atoms with E-state index in [-0.39, 0.29) is 12.0 Å². The van der Waals surface area contributed by atoms with Gasteiger partial charge in [-0.3, -0.25) is 5.04 Å². The van der Waals surface area contributed by atoms with Crippen LogP contribution in [-0.4, -0.2) is 0 Å². The van der Waals surface area contributed by atoms with Crippen molar-refractivity contribution in [2.75, 3.05) is 0 Å². The lowest BCUT2D eigenvalue weighted by atomic mass is 10.2. The van der Waals surface area contributed by atoms with E-state index in [4.69, 9.17) is 0 Å². The highest BCUT2D eigenvalue weighted by molar-refractivity contribution is 7.94. The van der Waals surface area contributed by atoms with Crippen LogP contribution < -0.4 is 5.26 Å². The summed E-state index contributed by atoms with van der Waals surface area (Å²) in [7, 11) is 0. The van der Waals surface area contributed by atoms with Gasteiger partial charge in [-0.05, 0) is 6.92 Å². The van der Waals surface area contributed by atoms with Gasteiger partial charge in [-0.2, -0.15) is 4.33 Å². The first-order valence-corrected chi connectivity index (χ1v) is 4.20. The Hall–Kier alpha value is -0.830. The van der Waals surface area contributed by atoms with Crippen molar-refractivity contribution in [3.05, 3.63) is 28.8 Å². The second-order valence-corrected chi connectivity index (χ2v) is 3.14. The Morgan fingerprint density at radius 1 is 1.00 bits per heavy atom. The zero-order valence-electron chi connectivity index (χ0n) is 7.14. The first kappa shape index (κ1) is 12.2. The number of benzene rings is 1. The van der Waals surface area contributed by atoms with Gasteiger partial charge >= 0.3 is 0 Å². The van der Waals surface area contributed by atoms with Crippen LogP contribution in [0.3, 0.4) is 0 Å². The van der Waals surface area contributed by atoms with Gasteiger partial charge in [0, 0.05) is 5.56 Å². The van der Waals surface area contributed by atoms with Gasteiger partial charge in [-0.15, -0.1) is 0 Å². The van der Waals surface area contributed by atoms with E-state index in [1.807, 2.05) is 0 Å². The first-order valence-electron chi connectivity index (χ1n) is 3.46. The van der Waals surface area contributed by atoms with Crippen LogP contribution in [0.2, 0.25) is 0 Å². The van der Waals surface area contributed by atoms with Crippen LogP contribution in [0.5, 0.6) is 0 Å². The zero-order valence-corrected chi connectivity index (χ0v) is 7.96. The molecule has 0 aliphatic carbocycles. The van der Waals surface area contributed by atoms with E-state index < -0.39 is 33.7 Å².